The summed E-state index contributed by atoms with van der Waals surface area (Å²) in [4.78, 5) is 0. The van der Waals surface area contributed by atoms with E-state index in [1.807, 2.05) is 0 Å². The zero-order chi connectivity index (χ0) is 26.5. The molecule has 4 nitrogen and oxygen atoms in total. The van der Waals surface area contributed by atoms with Crippen LogP contribution in [-0.4, -0.2) is 39.1 Å². The van der Waals surface area contributed by atoms with Crippen LogP contribution < -0.4 is 4.57 Å². The smallest absolute Gasteiger partial charge is 0.224 e. The van der Waals surface area contributed by atoms with Crippen LogP contribution in [0.25, 0.3) is 0 Å². The van der Waals surface area contributed by atoms with Crippen molar-refractivity contribution in [1.82, 2.24) is 0 Å². The Bertz CT molecular complexity index is 540. The van der Waals surface area contributed by atoms with Crippen LogP contribution in [0.4, 0.5) is 0 Å². The molecule has 0 saturated carbocycles. The van der Waals surface area contributed by atoms with Gasteiger partial charge in [0.2, 0.25) is 5.51 Å². The number of unbranched alkanes of at least 4 members (excludes halogenated alkanes) is 17. The van der Waals surface area contributed by atoms with Crippen LogP contribution in [0.5, 0.6) is 0 Å². The van der Waals surface area contributed by atoms with E-state index >= 15 is 0 Å². The Morgan fingerprint density at radius 3 is 1.51 bits per heavy atom. The highest BCUT2D eigenvalue weighted by atomic mass is 32.1. The van der Waals surface area contributed by atoms with Crippen molar-refractivity contribution < 1.29 is 18.8 Å². The summed E-state index contributed by atoms with van der Waals surface area (Å²) in [6.07, 6.45) is 29.0. The van der Waals surface area contributed by atoms with Crippen LogP contribution in [0.15, 0.2) is 17.1 Å². The second-order valence-corrected chi connectivity index (χ2v) is 11.5. The lowest BCUT2D eigenvalue weighted by Gasteiger charge is -2.18. The first kappa shape index (κ1) is 34.5. The number of aromatic nitrogens is 1. The quantitative estimate of drug-likeness (QED) is 0.0719. The van der Waals surface area contributed by atoms with Crippen LogP contribution in [0.3, 0.4) is 0 Å². The minimum Gasteiger partial charge on any atom is -0.379 e. The molecule has 1 rings (SSSR count). The second-order valence-electron chi connectivity index (χ2n) is 10.8. The zero-order valence-electron chi connectivity index (χ0n) is 24.8. The monoisotopic (exact) mass is 540 g/mol. The molecule has 0 amide bonds. The Morgan fingerprint density at radius 1 is 0.568 bits per heavy atom. The molecule has 0 radical (unpaired) electrons. The van der Waals surface area contributed by atoms with E-state index in [1.54, 1.807) is 11.3 Å². The fourth-order valence-electron chi connectivity index (χ4n) is 4.67. The second kappa shape index (κ2) is 28.5. The van der Waals surface area contributed by atoms with Crippen molar-refractivity contribution in [3.05, 3.63) is 17.1 Å². The van der Waals surface area contributed by atoms with Gasteiger partial charge in [-0.25, -0.2) is 0 Å². The largest absolute Gasteiger partial charge is 0.379 e. The van der Waals surface area contributed by atoms with E-state index in [-0.39, 0.29) is 6.10 Å². The van der Waals surface area contributed by atoms with E-state index in [0.29, 0.717) is 13.2 Å². The maximum Gasteiger partial charge on any atom is 0.224 e. The summed E-state index contributed by atoms with van der Waals surface area (Å²) < 4.78 is 20.1. The van der Waals surface area contributed by atoms with Gasteiger partial charge in [0.15, 0.2) is 6.20 Å². The van der Waals surface area contributed by atoms with Gasteiger partial charge in [-0.3, -0.25) is 0 Å². The van der Waals surface area contributed by atoms with E-state index in [9.17, 15) is 0 Å². The summed E-state index contributed by atoms with van der Waals surface area (Å²) >= 11 is 1.77. The molecule has 1 aromatic rings. The van der Waals surface area contributed by atoms with Crippen LogP contribution in [0.2, 0.25) is 0 Å². The summed E-state index contributed by atoms with van der Waals surface area (Å²) in [5.41, 5.74) is 2.19. The third-order valence-electron chi connectivity index (χ3n) is 7.04. The summed E-state index contributed by atoms with van der Waals surface area (Å²) in [5.74, 6) is 0. The molecule has 0 aliphatic heterocycles. The molecule has 0 aliphatic rings. The van der Waals surface area contributed by atoms with Gasteiger partial charge in [-0.1, -0.05) is 121 Å². The Kier molecular flexibility index (Phi) is 26.6. The van der Waals surface area contributed by atoms with Crippen LogP contribution >= 0.6 is 11.3 Å². The molecule has 0 aromatic carbocycles. The van der Waals surface area contributed by atoms with E-state index in [4.69, 9.17) is 14.2 Å². The first-order valence-electron chi connectivity index (χ1n) is 16.0. The van der Waals surface area contributed by atoms with Gasteiger partial charge < -0.3 is 14.2 Å². The van der Waals surface area contributed by atoms with E-state index in [2.05, 4.69) is 35.5 Å². The molecule has 0 fully saturated rings. The van der Waals surface area contributed by atoms with Crippen LogP contribution in [0, 0.1) is 0 Å². The molecule has 218 valence electrons. The Morgan fingerprint density at radius 2 is 1.05 bits per heavy atom. The third-order valence-corrected chi connectivity index (χ3v) is 7.71. The summed E-state index contributed by atoms with van der Waals surface area (Å²) in [6.45, 7) is 9.41. The molecule has 0 spiro atoms. The first-order chi connectivity index (χ1) is 18.4. The number of hydrogen-bond acceptors (Lipinski definition) is 4. The fraction of sp³-hybridized carbons (Fsp3) is 0.906. The van der Waals surface area contributed by atoms with Gasteiger partial charge in [-0.15, -0.1) is 0 Å². The van der Waals surface area contributed by atoms with Crippen LogP contribution in [0.1, 0.15) is 142 Å². The van der Waals surface area contributed by atoms with Crippen molar-refractivity contribution in [3.63, 3.8) is 0 Å². The van der Waals surface area contributed by atoms with E-state index in [0.717, 1.165) is 39.2 Å². The molecule has 0 saturated heterocycles. The molecular formula is C32H62NO3S+. The normalized spacial score (nSPS) is 12.4. The third kappa shape index (κ3) is 24.3. The van der Waals surface area contributed by atoms with Crippen molar-refractivity contribution in [2.24, 2.45) is 0 Å². The molecule has 0 bridgehead atoms. The van der Waals surface area contributed by atoms with Crippen molar-refractivity contribution in [2.75, 3.05) is 33.0 Å². The summed E-state index contributed by atoms with van der Waals surface area (Å²) in [6, 6.07) is 0. The average molecular weight is 541 g/mol. The standard InChI is InChI=1S/C32H62NO3S/c1-3-5-6-7-8-9-10-11-12-13-14-15-18-21-26-34-29-32(36-25-4-2)30-35-27-22-19-16-17-20-23-33-24-28-37-31-33/h24,28,31-32H,3-23,25-27,29-30H2,1-2H3/q+1. The number of aryl methyl sites for hydroxylation is 1. The number of hydrogen-bond donors (Lipinski definition) is 0. The van der Waals surface area contributed by atoms with E-state index < -0.39 is 0 Å². The molecule has 1 atom stereocenters. The lowest BCUT2D eigenvalue weighted by Crippen LogP contribution is -2.29. The predicted octanol–water partition coefficient (Wildman–Crippen LogP) is 9.30. The van der Waals surface area contributed by atoms with Crippen molar-refractivity contribution in [2.45, 2.75) is 155 Å². The van der Waals surface area contributed by atoms with Gasteiger partial charge in [0, 0.05) is 26.2 Å². The molecule has 1 heterocycles. The SMILES string of the molecule is CCCCCCCCCCCCCCCCOCC(COCCCCCCC[n+]1ccsc1)OCCC. The Balaban J connectivity index is 1.85. The molecule has 37 heavy (non-hydrogen) atoms. The molecule has 0 N–H and O–H groups in total. The Hall–Kier alpha value is -0.490. The lowest BCUT2D eigenvalue weighted by atomic mass is 10.0. The molecule has 5 heteroatoms. The predicted molar refractivity (Wildman–Crippen MR) is 160 cm³/mol. The van der Waals surface area contributed by atoms with Gasteiger partial charge in [0.25, 0.3) is 0 Å². The molecule has 0 aliphatic carbocycles. The fourth-order valence-corrected chi connectivity index (χ4v) is 5.30. The zero-order valence-corrected chi connectivity index (χ0v) is 25.6. The topological polar surface area (TPSA) is 31.6 Å². The van der Waals surface area contributed by atoms with Gasteiger partial charge in [0.05, 0.1) is 18.6 Å². The molecule has 1 unspecified atom stereocenters. The minimum absolute atomic E-state index is 0.0780. The number of rotatable bonds is 30. The summed E-state index contributed by atoms with van der Waals surface area (Å²) in [7, 11) is 0. The number of nitrogens with zero attached hydrogens (tertiary/aromatic N) is 1. The summed E-state index contributed by atoms with van der Waals surface area (Å²) in [5, 5.41) is 2.14. The van der Waals surface area contributed by atoms with Crippen molar-refractivity contribution in [3.8, 4) is 0 Å². The molecule has 1 aromatic heterocycles. The van der Waals surface area contributed by atoms with Crippen molar-refractivity contribution >= 4 is 11.3 Å². The van der Waals surface area contributed by atoms with Gasteiger partial charge >= 0.3 is 0 Å². The maximum absolute atomic E-state index is 5.96. The maximum atomic E-state index is 5.96. The van der Waals surface area contributed by atoms with Gasteiger partial charge in [-0.05, 0) is 25.7 Å². The first-order valence-corrected chi connectivity index (χ1v) is 17.0. The van der Waals surface area contributed by atoms with E-state index in [1.165, 1.54) is 116 Å². The average Bonchev–Trinajstić information content (AvgIpc) is 3.43. The highest BCUT2D eigenvalue weighted by Crippen LogP contribution is 2.13. The number of thiazole rings is 1. The highest BCUT2D eigenvalue weighted by molar-refractivity contribution is 7.07. The highest BCUT2D eigenvalue weighted by Gasteiger charge is 2.09. The lowest BCUT2D eigenvalue weighted by molar-refractivity contribution is -0.692. The number of ether oxygens (including phenoxy) is 3. The minimum atomic E-state index is 0.0780. The Labute approximate surface area is 234 Å². The molecular weight excluding hydrogens is 478 g/mol. The van der Waals surface area contributed by atoms with Crippen molar-refractivity contribution in [1.29, 1.82) is 0 Å². The van der Waals surface area contributed by atoms with Crippen LogP contribution in [-0.2, 0) is 20.8 Å². The van der Waals surface area contributed by atoms with Gasteiger partial charge in [-0.2, -0.15) is 4.57 Å². The van der Waals surface area contributed by atoms with Gasteiger partial charge in [0.1, 0.15) is 12.6 Å².